The molecule has 0 spiro atoms. The largest absolute Gasteiger partial charge is 0.350 e. The summed E-state index contributed by atoms with van der Waals surface area (Å²) in [5.74, 6) is -0.104. The summed E-state index contributed by atoms with van der Waals surface area (Å²) in [4.78, 5) is 18.3. The molecule has 156 valence electrons. The Balaban J connectivity index is 1.13. The van der Waals surface area contributed by atoms with Gasteiger partial charge in [0.1, 0.15) is 4.88 Å². The number of benzene rings is 2. The fraction of sp³-hybridized carbons (Fsp3) is 0.348. The van der Waals surface area contributed by atoms with Crippen LogP contribution in [-0.4, -0.2) is 54.0 Å². The SMILES string of the molecule is O=C(NCCN1CC2CC1CN2Cc1ccccc1)c1sc2cc(Cl)ccc2c1Cl. The van der Waals surface area contributed by atoms with Gasteiger partial charge in [-0.1, -0.05) is 59.6 Å². The number of carbonyl (C=O) groups excluding carboxylic acids is 1. The topological polar surface area (TPSA) is 35.6 Å². The Hall–Kier alpha value is -1.63. The molecule has 2 saturated heterocycles. The lowest BCUT2D eigenvalue weighted by molar-refractivity contribution is 0.0935. The molecule has 2 aromatic carbocycles. The molecule has 7 heteroatoms. The van der Waals surface area contributed by atoms with Gasteiger partial charge in [0, 0.05) is 59.9 Å². The Morgan fingerprint density at radius 2 is 1.83 bits per heavy atom. The van der Waals surface area contributed by atoms with Crippen molar-refractivity contribution in [1.29, 1.82) is 0 Å². The Bertz CT molecular complexity index is 1070. The third-order valence-electron chi connectivity index (χ3n) is 6.18. The number of piperazine rings is 1. The molecule has 3 heterocycles. The van der Waals surface area contributed by atoms with Crippen LogP contribution in [0.15, 0.2) is 48.5 Å². The third kappa shape index (κ3) is 3.97. The molecule has 4 nitrogen and oxygen atoms in total. The molecule has 2 aliphatic heterocycles. The number of hydrogen-bond acceptors (Lipinski definition) is 4. The summed E-state index contributed by atoms with van der Waals surface area (Å²) in [5.41, 5.74) is 1.38. The van der Waals surface area contributed by atoms with Crippen molar-refractivity contribution >= 4 is 50.5 Å². The number of nitrogens with zero attached hydrogens (tertiary/aromatic N) is 2. The first-order chi connectivity index (χ1) is 14.6. The van der Waals surface area contributed by atoms with Crippen LogP contribution in [0.1, 0.15) is 21.7 Å². The van der Waals surface area contributed by atoms with E-state index in [1.165, 1.54) is 23.3 Å². The Kier molecular flexibility index (Phi) is 5.73. The zero-order chi connectivity index (χ0) is 20.7. The number of nitrogens with one attached hydrogen (secondary N) is 1. The highest BCUT2D eigenvalue weighted by atomic mass is 35.5. The standard InChI is InChI=1S/C23H23Cl2N3OS/c24-16-6-7-19-20(10-16)30-22(21(19)25)23(29)26-8-9-27-13-18-11-17(27)14-28(18)12-15-4-2-1-3-5-15/h1-7,10,17-18H,8-9,11-14H2,(H,26,29). The molecule has 0 radical (unpaired) electrons. The maximum Gasteiger partial charge on any atom is 0.262 e. The molecule has 2 atom stereocenters. The van der Waals surface area contributed by atoms with Gasteiger partial charge in [0.25, 0.3) is 5.91 Å². The minimum atomic E-state index is -0.104. The monoisotopic (exact) mass is 459 g/mol. The summed E-state index contributed by atoms with van der Waals surface area (Å²) in [6.45, 7) is 4.72. The van der Waals surface area contributed by atoms with Gasteiger partial charge in [-0.2, -0.15) is 0 Å². The van der Waals surface area contributed by atoms with E-state index in [-0.39, 0.29) is 5.91 Å². The molecule has 2 fully saturated rings. The van der Waals surface area contributed by atoms with E-state index in [0.717, 1.165) is 36.3 Å². The summed E-state index contributed by atoms with van der Waals surface area (Å²) < 4.78 is 0.938. The van der Waals surface area contributed by atoms with E-state index in [1.807, 2.05) is 12.1 Å². The van der Waals surface area contributed by atoms with E-state index in [2.05, 4.69) is 45.4 Å². The molecule has 2 unspecified atom stereocenters. The van der Waals surface area contributed by atoms with Gasteiger partial charge in [-0.05, 0) is 24.1 Å². The molecule has 1 amide bonds. The highest BCUT2D eigenvalue weighted by Crippen LogP contribution is 2.36. The Morgan fingerprint density at radius 3 is 2.60 bits per heavy atom. The first kappa shape index (κ1) is 20.3. The van der Waals surface area contributed by atoms with Crippen molar-refractivity contribution in [2.75, 3.05) is 26.2 Å². The van der Waals surface area contributed by atoms with E-state index in [9.17, 15) is 4.79 Å². The van der Waals surface area contributed by atoms with Crippen LogP contribution in [0.5, 0.6) is 0 Å². The van der Waals surface area contributed by atoms with Crippen molar-refractivity contribution in [3.8, 4) is 0 Å². The van der Waals surface area contributed by atoms with Crippen LogP contribution in [0, 0.1) is 0 Å². The number of likely N-dealkylation sites (tertiary alicyclic amines) is 2. The molecule has 0 saturated carbocycles. The minimum Gasteiger partial charge on any atom is -0.350 e. The summed E-state index contributed by atoms with van der Waals surface area (Å²) >= 11 is 13.9. The number of halogens is 2. The number of thiophene rings is 1. The van der Waals surface area contributed by atoms with Crippen LogP contribution in [0.2, 0.25) is 10.0 Å². The quantitative estimate of drug-likeness (QED) is 0.569. The van der Waals surface area contributed by atoms with Gasteiger partial charge in [-0.15, -0.1) is 11.3 Å². The average Bonchev–Trinajstić information content (AvgIpc) is 3.41. The van der Waals surface area contributed by atoms with Crippen molar-refractivity contribution in [3.05, 3.63) is 69.0 Å². The van der Waals surface area contributed by atoms with E-state index in [0.29, 0.717) is 33.6 Å². The number of carbonyl (C=O) groups is 1. The van der Waals surface area contributed by atoms with E-state index >= 15 is 0 Å². The molecule has 3 aromatic rings. The van der Waals surface area contributed by atoms with E-state index < -0.39 is 0 Å². The van der Waals surface area contributed by atoms with Crippen molar-refractivity contribution in [2.24, 2.45) is 0 Å². The van der Waals surface area contributed by atoms with Crippen LogP contribution >= 0.6 is 34.5 Å². The lowest BCUT2D eigenvalue weighted by Gasteiger charge is -2.34. The molecular weight excluding hydrogens is 437 g/mol. The second-order valence-electron chi connectivity index (χ2n) is 8.09. The highest BCUT2D eigenvalue weighted by Gasteiger charge is 2.42. The molecule has 5 rings (SSSR count). The lowest BCUT2D eigenvalue weighted by atomic mass is 10.2. The van der Waals surface area contributed by atoms with E-state index in [1.54, 1.807) is 6.07 Å². The fourth-order valence-corrected chi connectivity index (χ4v) is 6.41. The smallest absolute Gasteiger partial charge is 0.262 e. The van der Waals surface area contributed by atoms with Crippen LogP contribution in [0.3, 0.4) is 0 Å². The van der Waals surface area contributed by atoms with Gasteiger partial charge in [0.05, 0.1) is 5.02 Å². The molecule has 0 aliphatic carbocycles. The molecule has 30 heavy (non-hydrogen) atoms. The van der Waals surface area contributed by atoms with Crippen molar-refractivity contribution in [2.45, 2.75) is 25.0 Å². The average molecular weight is 460 g/mol. The van der Waals surface area contributed by atoms with E-state index in [4.69, 9.17) is 23.2 Å². The number of rotatable bonds is 6. The van der Waals surface area contributed by atoms with Crippen LogP contribution in [-0.2, 0) is 6.54 Å². The van der Waals surface area contributed by atoms with Gasteiger partial charge in [0.2, 0.25) is 0 Å². The zero-order valence-electron chi connectivity index (χ0n) is 16.5. The van der Waals surface area contributed by atoms with Gasteiger partial charge in [-0.25, -0.2) is 0 Å². The Morgan fingerprint density at radius 1 is 1.07 bits per heavy atom. The van der Waals surface area contributed by atoms with Crippen LogP contribution in [0.25, 0.3) is 10.1 Å². The van der Waals surface area contributed by atoms with Crippen molar-refractivity contribution in [3.63, 3.8) is 0 Å². The predicted molar refractivity (Wildman–Crippen MR) is 125 cm³/mol. The number of hydrogen-bond donors (Lipinski definition) is 1. The zero-order valence-corrected chi connectivity index (χ0v) is 18.8. The number of amides is 1. The first-order valence-electron chi connectivity index (χ1n) is 10.3. The summed E-state index contributed by atoms with van der Waals surface area (Å²) in [6, 6.07) is 17.4. The van der Waals surface area contributed by atoms with Crippen molar-refractivity contribution < 1.29 is 4.79 Å². The van der Waals surface area contributed by atoms with Gasteiger partial charge in [0.15, 0.2) is 0 Å². The first-order valence-corrected chi connectivity index (χ1v) is 11.8. The highest BCUT2D eigenvalue weighted by molar-refractivity contribution is 7.21. The second-order valence-corrected chi connectivity index (χ2v) is 9.96. The Labute approximate surface area is 190 Å². The molecule has 1 N–H and O–H groups in total. The maximum absolute atomic E-state index is 12.7. The molecular formula is C23H23Cl2N3OS. The van der Waals surface area contributed by atoms with Gasteiger partial charge >= 0.3 is 0 Å². The normalized spacial score (nSPS) is 21.5. The summed E-state index contributed by atoms with van der Waals surface area (Å²) in [7, 11) is 0. The molecule has 1 aromatic heterocycles. The van der Waals surface area contributed by atoms with Gasteiger partial charge in [-0.3, -0.25) is 14.6 Å². The summed E-state index contributed by atoms with van der Waals surface area (Å²) in [5, 5.41) is 5.10. The third-order valence-corrected chi connectivity index (χ3v) is 8.07. The maximum atomic E-state index is 12.7. The van der Waals surface area contributed by atoms with Crippen LogP contribution in [0.4, 0.5) is 0 Å². The lowest BCUT2D eigenvalue weighted by Crippen LogP contribution is -2.48. The fourth-order valence-electron chi connectivity index (χ4n) is 4.70. The van der Waals surface area contributed by atoms with Gasteiger partial charge < -0.3 is 5.32 Å². The molecule has 2 bridgehead atoms. The molecule has 2 aliphatic rings. The summed E-state index contributed by atoms with van der Waals surface area (Å²) in [6.07, 6.45) is 1.23. The van der Waals surface area contributed by atoms with Crippen molar-refractivity contribution in [1.82, 2.24) is 15.1 Å². The second kappa shape index (κ2) is 8.48. The predicted octanol–water partition coefficient (Wildman–Crippen LogP) is 4.90. The minimum absolute atomic E-state index is 0.104. The van der Waals surface area contributed by atoms with Crippen LogP contribution < -0.4 is 5.32 Å². The number of fused-ring (bicyclic) bond motifs is 3.